The second kappa shape index (κ2) is 7.14. The fraction of sp³-hybridized carbons (Fsp3) is 0.375. The molecule has 0 amide bonds. The van der Waals surface area contributed by atoms with Gasteiger partial charge in [0.05, 0.1) is 42.3 Å². The normalized spacial score (nSPS) is 15.4. The van der Waals surface area contributed by atoms with Crippen LogP contribution in [0.25, 0.3) is 0 Å². The van der Waals surface area contributed by atoms with Crippen molar-refractivity contribution in [1.82, 2.24) is 9.78 Å². The quantitative estimate of drug-likeness (QED) is 0.784. The predicted molar refractivity (Wildman–Crippen MR) is 90.0 cm³/mol. The van der Waals surface area contributed by atoms with Gasteiger partial charge in [-0.25, -0.2) is 13.1 Å². The molecule has 1 fully saturated rings. The van der Waals surface area contributed by atoms with Gasteiger partial charge >= 0.3 is 0 Å². The summed E-state index contributed by atoms with van der Waals surface area (Å²) in [7, 11) is -3.43. The summed E-state index contributed by atoms with van der Waals surface area (Å²) in [6.07, 6.45) is 1.60. The Balaban J connectivity index is 1.71. The van der Waals surface area contributed by atoms with Gasteiger partial charge in [-0.2, -0.15) is 5.10 Å². The first kappa shape index (κ1) is 16.7. The molecule has 2 heterocycles. The number of sulfone groups is 1. The average molecular weight is 349 g/mol. The molecule has 0 atom stereocenters. The topological polar surface area (TPSA) is 81.5 Å². The number of morpholine rings is 1. The summed E-state index contributed by atoms with van der Waals surface area (Å²) in [5, 5.41) is 4.11. The van der Waals surface area contributed by atoms with Gasteiger partial charge in [-0.15, -0.1) is 0 Å². The number of aromatic nitrogens is 2. The molecule has 8 heteroatoms. The van der Waals surface area contributed by atoms with E-state index in [2.05, 4.69) is 5.10 Å². The van der Waals surface area contributed by atoms with E-state index in [9.17, 15) is 13.2 Å². The summed E-state index contributed by atoms with van der Waals surface area (Å²) in [6.45, 7) is 2.71. The fourth-order valence-corrected chi connectivity index (χ4v) is 3.76. The maximum Gasteiger partial charge on any atom is 0.268 e. The van der Waals surface area contributed by atoms with Crippen LogP contribution >= 0.6 is 0 Å². The first-order chi connectivity index (χ1) is 11.6. The maximum absolute atomic E-state index is 12.3. The van der Waals surface area contributed by atoms with Gasteiger partial charge in [0.25, 0.3) is 5.56 Å². The average Bonchev–Trinajstić information content (AvgIpc) is 2.62. The molecule has 24 heavy (non-hydrogen) atoms. The van der Waals surface area contributed by atoms with Gasteiger partial charge in [0.2, 0.25) is 0 Å². The zero-order chi connectivity index (χ0) is 17.0. The molecule has 0 aliphatic carbocycles. The van der Waals surface area contributed by atoms with E-state index in [1.54, 1.807) is 36.5 Å². The molecule has 1 aliphatic rings. The summed E-state index contributed by atoms with van der Waals surface area (Å²) in [4.78, 5) is 14.5. The SMILES string of the molecule is O=c1cc(N2CCOCC2)cnn1CCS(=O)(=O)c1ccccc1. The van der Waals surface area contributed by atoms with Crippen molar-refractivity contribution in [3.63, 3.8) is 0 Å². The number of benzene rings is 1. The lowest BCUT2D eigenvalue weighted by molar-refractivity contribution is 0.122. The molecule has 0 bridgehead atoms. The zero-order valence-electron chi connectivity index (χ0n) is 13.2. The number of aryl methyl sites for hydroxylation is 1. The van der Waals surface area contributed by atoms with Gasteiger partial charge in [0.1, 0.15) is 0 Å². The molecule has 3 rings (SSSR count). The Morgan fingerprint density at radius 2 is 1.83 bits per heavy atom. The maximum atomic E-state index is 12.3. The van der Waals surface area contributed by atoms with Crippen LogP contribution in [-0.4, -0.2) is 50.3 Å². The fourth-order valence-electron chi connectivity index (χ4n) is 2.54. The van der Waals surface area contributed by atoms with Crippen LogP contribution in [0.5, 0.6) is 0 Å². The molecule has 0 N–H and O–H groups in total. The van der Waals surface area contributed by atoms with E-state index < -0.39 is 9.84 Å². The standard InChI is InChI=1S/C16H19N3O4S/c20-16-12-14(18-6-9-23-10-7-18)13-17-19(16)8-11-24(21,22)15-4-2-1-3-5-15/h1-5,12-13H,6-11H2. The highest BCUT2D eigenvalue weighted by Crippen LogP contribution is 2.12. The van der Waals surface area contributed by atoms with Crippen LogP contribution in [0, 0.1) is 0 Å². The Hall–Kier alpha value is -2.19. The van der Waals surface area contributed by atoms with E-state index in [0.717, 1.165) is 5.69 Å². The van der Waals surface area contributed by atoms with Crippen LogP contribution in [0.1, 0.15) is 0 Å². The largest absolute Gasteiger partial charge is 0.378 e. The molecule has 0 radical (unpaired) electrons. The molecule has 7 nitrogen and oxygen atoms in total. The van der Waals surface area contributed by atoms with E-state index in [1.165, 1.54) is 10.7 Å². The Kier molecular flexibility index (Phi) is 4.96. The third kappa shape index (κ3) is 3.82. The third-order valence-corrected chi connectivity index (χ3v) is 5.62. The zero-order valence-corrected chi connectivity index (χ0v) is 14.0. The van der Waals surface area contributed by atoms with Gasteiger partial charge in [0, 0.05) is 19.2 Å². The van der Waals surface area contributed by atoms with E-state index in [4.69, 9.17) is 4.74 Å². The van der Waals surface area contributed by atoms with E-state index >= 15 is 0 Å². The smallest absolute Gasteiger partial charge is 0.268 e. The second-order valence-electron chi connectivity index (χ2n) is 5.51. The van der Waals surface area contributed by atoms with Crippen LogP contribution in [0.3, 0.4) is 0 Å². The van der Waals surface area contributed by atoms with E-state index in [1.807, 2.05) is 4.90 Å². The summed E-state index contributed by atoms with van der Waals surface area (Å²) in [6, 6.07) is 9.70. The highest BCUT2D eigenvalue weighted by atomic mass is 32.2. The molecule has 1 aromatic carbocycles. The molecular formula is C16H19N3O4S. The van der Waals surface area contributed by atoms with Crippen molar-refractivity contribution in [1.29, 1.82) is 0 Å². The summed E-state index contributed by atoms with van der Waals surface area (Å²) in [5.74, 6) is -0.166. The number of hydrogen-bond donors (Lipinski definition) is 0. The van der Waals surface area contributed by atoms with E-state index in [0.29, 0.717) is 26.3 Å². The number of rotatable bonds is 5. The van der Waals surface area contributed by atoms with Crippen LogP contribution in [0.15, 0.2) is 52.3 Å². The lowest BCUT2D eigenvalue weighted by atomic mass is 10.3. The predicted octanol–water partition coefficient (Wildman–Crippen LogP) is 0.554. The molecule has 1 aliphatic heterocycles. The minimum Gasteiger partial charge on any atom is -0.378 e. The van der Waals surface area contributed by atoms with Crippen LogP contribution in [0.2, 0.25) is 0 Å². The second-order valence-corrected chi connectivity index (χ2v) is 7.62. The summed E-state index contributed by atoms with van der Waals surface area (Å²) in [5.41, 5.74) is 0.438. The van der Waals surface area contributed by atoms with Gasteiger partial charge in [-0.1, -0.05) is 18.2 Å². The van der Waals surface area contributed by atoms with E-state index in [-0.39, 0.29) is 22.8 Å². The highest BCUT2D eigenvalue weighted by Gasteiger charge is 2.16. The monoisotopic (exact) mass is 349 g/mol. The molecule has 128 valence electrons. The van der Waals surface area contributed by atoms with Crippen molar-refractivity contribution in [2.45, 2.75) is 11.4 Å². The van der Waals surface area contributed by atoms with Crippen molar-refractivity contribution in [3.05, 3.63) is 52.9 Å². The van der Waals surface area contributed by atoms with Gasteiger partial charge in [-0.3, -0.25) is 4.79 Å². The lowest BCUT2D eigenvalue weighted by Crippen LogP contribution is -2.37. The van der Waals surface area contributed by atoms with Crippen molar-refractivity contribution in [2.75, 3.05) is 37.0 Å². The van der Waals surface area contributed by atoms with Crippen LogP contribution in [0.4, 0.5) is 5.69 Å². The van der Waals surface area contributed by atoms with Gasteiger partial charge in [-0.05, 0) is 12.1 Å². The van der Waals surface area contributed by atoms with Gasteiger partial charge in [0.15, 0.2) is 9.84 Å². The minimum absolute atomic E-state index is 0.0272. The Bertz CT molecular complexity index is 843. The molecule has 1 saturated heterocycles. The molecule has 0 spiro atoms. The van der Waals surface area contributed by atoms with Crippen LogP contribution < -0.4 is 10.5 Å². The van der Waals surface area contributed by atoms with Gasteiger partial charge < -0.3 is 9.64 Å². The molecular weight excluding hydrogens is 330 g/mol. The number of anilines is 1. The van der Waals surface area contributed by atoms with Crippen molar-refractivity contribution < 1.29 is 13.2 Å². The summed E-state index contributed by atoms with van der Waals surface area (Å²) >= 11 is 0. The number of hydrogen-bond acceptors (Lipinski definition) is 6. The Morgan fingerprint density at radius 1 is 1.12 bits per heavy atom. The minimum atomic E-state index is -3.43. The Morgan fingerprint density at radius 3 is 2.50 bits per heavy atom. The van der Waals surface area contributed by atoms with Crippen molar-refractivity contribution >= 4 is 15.5 Å². The summed E-state index contributed by atoms with van der Waals surface area (Å²) < 4.78 is 31.0. The van der Waals surface area contributed by atoms with Crippen LogP contribution in [-0.2, 0) is 21.1 Å². The third-order valence-electron chi connectivity index (χ3n) is 3.91. The first-order valence-corrected chi connectivity index (χ1v) is 9.39. The molecule has 1 aromatic heterocycles. The number of nitrogens with zero attached hydrogens (tertiary/aromatic N) is 3. The Labute approximate surface area is 140 Å². The first-order valence-electron chi connectivity index (χ1n) is 7.74. The lowest BCUT2D eigenvalue weighted by Gasteiger charge is -2.28. The molecule has 0 unspecified atom stereocenters. The van der Waals surface area contributed by atoms with Crippen molar-refractivity contribution in [3.8, 4) is 0 Å². The van der Waals surface area contributed by atoms with Crippen molar-refractivity contribution in [2.24, 2.45) is 0 Å². The molecule has 0 saturated carbocycles. The number of ether oxygens (including phenoxy) is 1. The highest BCUT2D eigenvalue weighted by molar-refractivity contribution is 7.91. The molecule has 2 aromatic rings.